The van der Waals surface area contributed by atoms with Crippen LogP contribution in [0.2, 0.25) is 0 Å². The van der Waals surface area contributed by atoms with Crippen LogP contribution < -0.4 is 10.2 Å². The Kier molecular flexibility index (Phi) is 6.07. The summed E-state index contributed by atoms with van der Waals surface area (Å²) in [6.45, 7) is 5.33. The third-order valence-electron chi connectivity index (χ3n) is 4.32. The maximum atomic E-state index is 12.3. The number of rotatable bonds is 7. The van der Waals surface area contributed by atoms with Gasteiger partial charge in [-0.05, 0) is 36.4 Å². The highest BCUT2D eigenvalue weighted by atomic mass is 16.5. The van der Waals surface area contributed by atoms with Crippen molar-refractivity contribution in [2.75, 3.05) is 0 Å². The number of carbonyl (C=O) groups is 1. The van der Waals surface area contributed by atoms with Gasteiger partial charge in [0.2, 0.25) is 0 Å². The van der Waals surface area contributed by atoms with Crippen molar-refractivity contribution in [3.05, 3.63) is 84.4 Å². The summed E-state index contributed by atoms with van der Waals surface area (Å²) in [5.74, 6) is 0.380. The number of hydrazone groups is 1. The van der Waals surface area contributed by atoms with Crippen molar-refractivity contribution < 1.29 is 14.6 Å². The summed E-state index contributed by atoms with van der Waals surface area (Å²) >= 11 is 0. The van der Waals surface area contributed by atoms with Crippen LogP contribution in [-0.2, 0) is 11.2 Å². The number of allylic oxidation sites excluding steroid dienone is 1. The molecule has 3 aromatic carbocycles. The zero-order valence-corrected chi connectivity index (χ0v) is 15.6. The molecular formula is C23H22N2O3. The molecule has 0 radical (unpaired) electrons. The maximum Gasteiger partial charge on any atom is 0.280 e. The second-order valence-electron chi connectivity index (χ2n) is 6.32. The van der Waals surface area contributed by atoms with Crippen molar-refractivity contribution in [2.24, 2.45) is 5.10 Å². The molecule has 5 heteroatoms. The average Bonchev–Trinajstić information content (AvgIpc) is 2.71. The first kappa shape index (κ1) is 19.2. The lowest BCUT2D eigenvalue weighted by molar-refractivity contribution is -0.127. The summed E-state index contributed by atoms with van der Waals surface area (Å²) in [6, 6.07) is 18.9. The number of para-hydroxylation sites is 1. The number of carbonyl (C=O) groups excluding carboxylic acids is 1. The summed E-state index contributed by atoms with van der Waals surface area (Å²) in [6.07, 6.45) is 2.94. The Labute approximate surface area is 164 Å². The predicted octanol–water partition coefficient (Wildman–Crippen LogP) is 4.19. The molecule has 0 saturated heterocycles. The normalized spacial score (nSPS) is 12.0. The maximum absolute atomic E-state index is 12.3. The molecule has 1 amide bonds. The van der Waals surface area contributed by atoms with Gasteiger partial charge in [0.1, 0.15) is 11.5 Å². The number of fused-ring (bicyclic) bond motifs is 1. The summed E-state index contributed by atoms with van der Waals surface area (Å²) in [5.41, 5.74) is 3.72. The standard InChI is InChI=1S/C23H22N2O3/c1-3-8-18-11-6-12-19(22(18)26)15-24-25-23(27)16(2)28-21-14-7-10-17-9-4-5-13-20(17)21/h3-7,9-16,26H,1,8H2,2H3,(H,25,27)/b24-15+. The van der Waals surface area contributed by atoms with Crippen LogP contribution in [0.3, 0.4) is 0 Å². The molecule has 3 aromatic rings. The summed E-state index contributed by atoms with van der Waals surface area (Å²) in [4.78, 5) is 12.3. The molecule has 0 aliphatic heterocycles. The van der Waals surface area contributed by atoms with E-state index in [-0.39, 0.29) is 11.7 Å². The van der Waals surface area contributed by atoms with Crippen molar-refractivity contribution in [2.45, 2.75) is 19.4 Å². The lowest BCUT2D eigenvalue weighted by Gasteiger charge is -2.14. The topological polar surface area (TPSA) is 70.9 Å². The lowest BCUT2D eigenvalue weighted by Crippen LogP contribution is -2.33. The Morgan fingerprint density at radius 3 is 2.75 bits per heavy atom. The van der Waals surface area contributed by atoms with Crippen LogP contribution in [0.4, 0.5) is 0 Å². The Morgan fingerprint density at radius 2 is 1.93 bits per heavy atom. The van der Waals surface area contributed by atoms with Crippen LogP contribution in [0.15, 0.2) is 78.4 Å². The molecule has 142 valence electrons. The van der Waals surface area contributed by atoms with E-state index in [0.717, 1.165) is 16.3 Å². The van der Waals surface area contributed by atoms with E-state index in [0.29, 0.717) is 17.7 Å². The van der Waals surface area contributed by atoms with Crippen molar-refractivity contribution in [3.8, 4) is 11.5 Å². The van der Waals surface area contributed by atoms with E-state index in [1.165, 1.54) is 6.21 Å². The molecule has 0 heterocycles. The number of phenols is 1. The molecular weight excluding hydrogens is 352 g/mol. The van der Waals surface area contributed by atoms with Crippen LogP contribution in [-0.4, -0.2) is 23.3 Å². The fraction of sp³-hybridized carbons (Fsp3) is 0.130. The number of nitrogens with zero attached hydrogens (tertiary/aromatic N) is 1. The number of benzene rings is 3. The van der Waals surface area contributed by atoms with E-state index in [4.69, 9.17) is 4.74 Å². The summed E-state index contributed by atoms with van der Waals surface area (Å²) in [7, 11) is 0. The third kappa shape index (κ3) is 4.38. The van der Waals surface area contributed by atoms with Crippen LogP contribution in [0, 0.1) is 0 Å². The van der Waals surface area contributed by atoms with Crippen LogP contribution >= 0.6 is 0 Å². The molecule has 0 bridgehead atoms. The molecule has 0 spiro atoms. The van der Waals surface area contributed by atoms with Crippen molar-refractivity contribution in [3.63, 3.8) is 0 Å². The first-order valence-electron chi connectivity index (χ1n) is 8.99. The van der Waals surface area contributed by atoms with Gasteiger partial charge < -0.3 is 9.84 Å². The molecule has 1 atom stereocenters. The number of hydrogen-bond donors (Lipinski definition) is 2. The van der Waals surface area contributed by atoms with Gasteiger partial charge in [-0.3, -0.25) is 4.79 Å². The SMILES string of the molecule is C=CCc1cccc(/C=N/NC(=O)C(C)Oc2cccc3ccccc23)c1O. The van der Waals surface area contributed by atoms with E-state index in [2.05, 4.69) is 17.1 Å². The molecule has 0 aromatic heterocycles. The number of nitrogens with one attached hydrogen (secondary N) is 1. The summed E-state index contributed by atoms with van der Waals surface area (Å²) in [5, 5.41) is 16.1. The molecule has 0 aliphatic carbocycles. The van der Waals surface area contributed by atoms with Crippen molar-refractivity contribution >= 4 is 22.9 Å². The van der Waals surface area contributed by atoms with E-state index >= 15 is 0 Å². The van der Waals surface area contributed by atoms with Gasteiger partial charge in [0.15, 0.2) is 6.10 Å². The number of amides is 1. The molecule has 3 rings (SSSR count). The van der Waals surface area contributed by atoms with Gasteiger partial charge in [-0.2, -0.15) is 5.10 Å². The van der Waals surface area contributed by atoms with Gasteiger partial charge in [0.05, 0.1) is 6.21 Å². The van der Waals surface area contributed by atoms with Gasteiger partial charge in [0, 0.05) is 10.9 Å². The number of ether oxygens (including phenoxy) is 1. The first-order chi connectivity index (χ1) is 13.6. The molecule has 1 unspecified atom stereocenters. The highest BCUT2D eigenvalue weighted by molar-refractivity contribution is 5.89. The number of aromatic hydroxyl groups is 1. The molecule has 28 heavy (non-hydrogen) atoms. The van der Waals surface area contributed by atoms with Crippen molar-refractivity contribution in [1.29, 1.82) is 0 Å². The minimum absolute atomic E-state index is 0.125. The van der Waals surface area contributed by atoms with E-state index in [9.17, 15) is 9.90 Å². The first-order valence-corrected chi connectivity index (χ1v) is 8.99. The monoisotopic (exact) mass is 374 g/mol. The predicted molar refractivity (Wildman–Crippen MR) is 112 cm³/mol. The van der Waals surface area contributed by atoms with E-state index in [1.807, 2.05) is 54.6 Å². The Hall–Kier alpha value is -3.60. The molecule has 0 aliphatic rings. The lowest BCUT2D eigenvalue weighted by atomic mass is 10.1. The second kappa shape index (κ2) is 8.86. The smallest absolute Gasteiger partial charge is 0.280 e. The highest BCUT2D eigenvalue weighted by Crippen LogP contribution is 2.26. The zero-order valence-electron chi connectivity index (χ0n) is 15.6. The van der Waals surface area contributed by atoms with Gasteiger partial charge in [-0.25, -0.2) is 5.43 Å². The number of phenolic OH excluding ortho intramolecular Hbond substituents is 1. The zero-order chi connectivity index (χ0) is 19.9. The fourth-order valence-electron chi connectivity index (χ4n) is 2.83. The summed E-state index contributed by atoms with van der Waals surface area (Å²) < 4.78 is 5.82. The largest absolute Gasteiger partial charge is 0.507 e. The molecule has 0 fully saturated rings. The van der Waals surface area contributed by atoms with E-state index < -0.39 is 6.10 Å². The second-order valence-corrected chi connectivity index (χ2v) is 6.32. The minimum Gasteiger partial charge on any atom is -0.507 e. The van der Waals surface area contributed by atoms with Gasteiger partial charge >= 0.3 is 0 Å². The molecule has 2 N–H and O–H groups in total. The van der Waals surface area contributed by atoms with Gasteiger partial charge in [-0.1, -0.05) is 54.6 Å². The van der Waals surface area contributed by atoms with Crippen molar-refractivity contribution in [1.82, 2.24) is 5.43 Å². The van der Waals surface area contributed by atoms with E-state index in [1.54, 1.807) is 19.1 Å². The van der Waals surface area contributed by atoms with Crippen LogP contribution in [0.1, 0.15) is 18.1 Å². The minimum atomic E-state index is -0.733. The molecule has 5 nitrogen and oxygen atoms in total. The van der Waals surface area contributed by atoms with Crippen LogP contribution in [0.5, 0.6) is 11.5 Å². The third-order valence-corrected chi connectivity index (χ3v) is 4.32. The number of hydrogen-bond acceptors (Lipinski definition) is 4. The molecule has 0 saturated carbocycles. The Bertz CT molecular complexity index is 1020. The average molecular weight is 374 g/mol. The fourth-order valence-corrected chi connectivity index (χ4v) is 2.83. The highest BCUT2D eigenvalue weighted by Gasteiger charge is 2.15. The van der Waals surface area contributed by atoms with Crippen LogP contribution in [0.25, 0.3) is 10.8 Å². The van der Waals surface area contributed by atoms with Gasteiger partial charge in [0.25, 0.3) is 5.91 Å². The Balaban J connectivity index is 1.65. The quantitative estimate of drug-likeness (QED) is 0.370. The Morgan fingerprint density at radius 1 is 1.18 bits per heavy atom. The van der Waals surface area contributed by atoms with Gasteiger partial charge in [-0.15, -0.1) is 6.58 Å².